The zero-order valence-corrected chi connectivity index (χ0v) is 13.6. The van der Waals surface area contributed by atoms with E-state index in [1.165, 1.54) is 4.31 Å². The zero-order chi connectivity index (χ0) is 15.7. The topological polar surface area (TPSA) is 81.2 Å². The number of carbonyl (C=O) groups excluding carboxylic acids is 1. The highest BCUT2D eigenvalue weighted by Gasteiger charge is 2.32. The smallest absolute Gasteiger partial charge is 0.237 e. The molecule has 2 fully saturated rings. The van der Waals surface area contributed by atoms with Crippen molar-refractivity contribution >= 4 is 15.9 Å². The number of amides is 1. The average Bonchev–Trinajstić information content (AvgIpc) is 2.67. The van der Waals surface area contributed by atoms with E-state index in [1.54, 1.807) is 18.7 Å². The minimum absolute atomic E-state index is 0.0339. The van der Waals surface area contributed by atoms with E-state index in [-0.39, 0.29) is 18.2 Å². The molecule has 0 aromatic rings. The second-order valence-corrected chi connectivity index (χ2v) is 8.56. The van der Waals surface area contributed by atoms with Crippen molar-refractivity contribution < 1.29 is 18.3 Å². The molecule has 2 rings (SSSR count). The number of sulfonamides is 1. The first kappa shape index (κ1) is 16.7. The second kappa shape index (κ2) is 6.20. The summed E-state index contributed by atoms with van der Waals surface area (Å²) in [7, 11) is -3.21. The number of piperazine rings is 1. The van der Waals surface area contributed by atoms with E-state index in [9.17, 15) is 18.3 Å². The van der Waals surface area contributed by atoms with E-state index in [0.29, 0.717) is 45.7 Å². The third-order valence-electron chi connectivity index (χ3n) is 3.85. The van der Waals surface area contributed by atoms with Gasteiger partial charge < -0.3 is 10.0 Å². The number of nitrogens with zero attached hydrogens (tertiary/aromatic N) is 3. The fourth-order valence-corrected chi connectivity index (χ4v) is 4.29. The number of aliphatic hydroxyl groups is 1. The molecule has 0 aliphatic carbocycles. The summed E-state index contributed by atoms with van der Waals surface area (Å²) in [5, 5.41) is 9.80. The monoisotopic (exact) mass is 319 g/mol. The number of rotatable bonds is 4. The van der Waals surface area contributed by atoms with Gasteiger partial charge in [-0.15, -0.1) is 0 Å². The molecule has 0 aromatic heterocycles. The Morgan fingerprint density at radius 2 is 1.76 bits per heavy atom. The summed E-state index contributed by atoms with van der Waals surface area (Å²) >= 11 is 0. The molecular weight excluding hydrogens is 294 g/mol. The van der Waals surface area contributed by atoms with Gasteiger partial charge in [-0.1, -0.05) is 0 Å². The Balaban J connectivity index is 1.81. The summed E-state index contributed by atoms with van der Waals surface area (Å²) in [5.41, 5.74) is -0.740. The van der Waals surface area contributed by atoms with Gasteiger partial charge in [0, 0.05) is 39.3 Å². The van der Waals surface area contributed by atoms with Gasteiger partial charge in [0.15, 0.2) is 0 Å². The van der Waals surface area contributed by atoms with Gasteiger partial charge in [-0.25, -0.2) is 8.42 Å². The molecule has 0 unspecified atom stereocenters. The van der Waals surface area contributed by atoms with E-state index in [0.717, 1.165) is 0 Å². The van der Waals surface area contributed by atoms with E-state index in [4.69, 9.17) is 0 Å². The van der Waals surface area contributed by atoms with Gasteiger partial charge in [0.1, 0.15) is 0 Å². The van der Waals surface area contributed by atoms with Crippen LogP contribution < -0.4 is 0 Å². The van der Waals surface area contributed by atoms with Gasteiger partial charge in [0.05, 0.1) is 17.9 Å². The molecule has 0 saturated carbocycles. The summed E-state index contributed by atoms with van der Waals surface area (Å²) in [6, 6.07) is 0. The van der Waals surface area contributed by atoms with Crippen molar-refractivity contribution in [1.82, 2.24) is 14.1 Å². The Morgan fingerprint density at radius 1 is 1.14 bits per heavy atom. The highest BCUT2D eigenvalue weighted by Crippen LogP contribution is 2.14. The van der Waals surface area contributed by atoms with Crippen molar-refractivity contribution in [3.63, 3.8) is 0 Å². The largest absolute Gasteiger partial charge is 0.389 e. The van der Waals surface area contributed by atoms with Crippen LogP contribution in [0.2, 0.25) is 0 Å². The molecule has 1 N–H and O–H groups in total. The molecule has 1 amide bonds. The Morgan fingerprint density at radius 3 is 2.24 bits per heavy atom. The van der Waals surface area contributed by atoms with Gasteiger partial charge in [-0.05, 0) is 20.3 Å². The molecule has 21 heavy (non-hydrogen) atoms. The molecule has 7 nitrogen and oxygen atoms in total. The minimum atomic E-state index is -3.21. The van der Waals surface area contributed by atoms with Crippen LogP contribution in [0.1, 0.15) is 20.3 Å². The van der Waals surface area contributed by atoms with Crippen molar-refractivity contribution in [2.75, 3.05) is 51.6 Å². The summed E-state index contributed by atoms with van der Waals surface area (Å²) in [6.07, 6.45) is 0.606. The Hall–Kier alpha value is -0.700. The molecule has 0 atom stereocenters. The second-order valence-electron chi connectivity index (χ2n) is 6.47. The first-order valence-electron chi connectivity index (χ1n) is 7.38. The first-order chi connectivity index (χ1) is 9.67. The lowest BCUT2D eigenvalue weighted by Crippen LogP contribution is -2.53. The molecule has 2 aliphatic rings. The highest BCUT2D eigenvalue weighted by atomic mass is 32.2. The lowest BCUT2D eigenvalue weighted by molar-refractivity contribution is -0.133. The van der Waals surface area contributed by atoms with Crippen LogP contribution in [-0.2, 0) is 14.8 Å². The highest BCUT2D eigenvalue weighted by molar-refractivity contribution is 7.89. The fraction of sp³-hybridized carbons (Fsp3) is 0.923. The van der Waals surface area contributed by atoms with E-state index in [1.807, 2.05) is 0 Å². The standard InChI is InChI=1S/C13H25N3O4S/c1-13(2,18)11-14-5-7-15(8-6-14)12(17)10-16-4-3-9-21(16,19)20/h18H,3-11H2,1-2H3. The van der Waals surface area contributed by atoms with Crippen molar-refractivity contribution in [2.45, 2.75) is 25.9 Å². The van der Waals surface area contributed by atoms with Crippen molar-refractivity contribution in [1.29, 1.82) is 0 Å². The van der Waals surface area contributed by atoms with Gasteiger partial charge in [-0.2, -0.15) is 4.31 Å². The quantitative estimate of drug-likeness (QED) is 0.714. The Bertz CT molecular complexity index is 478. The predicted octanol–water partition coefficient (Wildman–Crippen LogP) is -1.06. The molecule has 2 heterocycles. The first-order valence-corrected chi connectivity index (χ1v) is 8.99. The number of hydrogen-bond acceptors (Lipinski definition) is 5. The van der Waals surface area contributed by atoms with Crippen LogP contribution in [0.15, 0.2) is 0 Å². The van der Waals surface area contributed by atoms with Crippen LogP contribution in [0, 0.1) is 0 Å². The molecule has 0 spiro atoms. The van der Waals surface area contributed by atoms with Crippen LogP contribution in [-0.4, -0.2) is 90.7 Å². The minimum Gasteiger partial charge on any atom is -0.389 e. The third kappa shape index (κ3) is 4.64. The molecule has 0 aromatic carbocycles. The van der Waals surface area contributed by atoms with Crippen LogP contribution in [0.3, 0.4) is 0 Å². The maximum atomic E-state index is 12.2. The summed E-state index contributed by atoms with van der Waals surface area (Å²) in [5.74, 6) is 0.0306. The fourth-order valence-electron chi connectivity index (χ4n) is 2.82. The Kier molecular flexibility index (Phi) is 4.92. The summed E-state index contributed by atoms with van der Waals surface area (Å²) < 4.78 is 24.7. The SMILES string of the molecule is CC(C)(O)CN1CCN(C(=O)CN2CCCS2(=O)=O)CC1. The van der Waals surface area contributed by atoms with Gasteiger partial charge in [0.2, 0.25) is 15.9 Å². The van der Waals surface area contributed by atoms with E-state index < -0.39 is 15.6 Å². The molecular formula is C13H25N3O4S. The van der Waals surface area contributed by atoms with Crippen LogP contribution in [0.4, 0.5) is 0 Å². The van der Waals surface area contributed by atoms with Crippen LogP contribution in [0.5, 0.6) is 0 Å². The normalized spacial score (nSPS) is 24.4. The Labute approximate surface area is 126 Å². The van der Waals surface area contributed by atoms with Crippen LogP contribution >= 0.6 is 0 Å². The molecule has 0 bridgehead atoms. The maximum absolute atomic E-state index is 12.2. The predicted molar refractivity (Wildman–Crippen MR) is 79.3 cm³/mol. The summed E-state index contributed by atoms with van der Waals surface area (Å²) in [6.45, 7) is 7.12. The van der Waals surface area contributed by atoms with E-state index >= 15 is 0 Å². The van der Waals surface area contributed by atoms with Crippen molar-refractivity contribution in [2.24, 2.45) is 0 Å². The molecule has 2 aliphatic heterocycles. The summed E-state index contributed by atoms with van der Waals surface area (Å²) in [4.78, 5) is 16.0. The average molecular weight is 319 g/mol. The lowest BCUT2D eigenvalue weighted by Gasteiger charge is -2.37. The van der Waals surface area contributed by atoms with Crippen molar-refractivity contribution in [3.8, 4) is 0 Å². The number of carbonyl (C=O) groups is 1. The van der Waals surface area contributed by atoms with Crippen molar-refractivity contribution in [3.05, 3.63) is 0 Å². The van der Waals surface area contributed by atoms with E-state index in [2.05, 4.69) is 4.90 Å². The lowest BCUT2D eigenvalue weighted by atomic mass is 10.1. The van der Waals surface area contributed by atoms with Gasteiger partial charge in [0.25, 0.3) is 0 Å². The van der Waals surface area contributed by atoms with Crippen LogP contribution in [0.25, 0.3) is 0 Å². The molecule has 0 radical (unpaired) electrons. The molecule has 122 valence electrons. The maximum Gasteiger partial charge on any atom is 0.237 e. The van der Waals surface area contributed by atoms with Gasteiger partial charge >= 0.3 is 0 Å². The zero-order valence-electron chi connectivity index (χ0n) is 12.8. The number of β-amino-alcohol motifs (C(OH)–C–C–N with tert-alkyl or cyclic N) is 1. The molecule has 8 heteroatoms. The third-order valence-corrected chi connectivity index (χ3v) is 5.75. The molecule has 2 saturated heterocycles. The van der Waals surface area contributed by atoms with Gasteiger partial charge in [-0.3, -0.25) is 9.69 Å². The number of hydrogen-bond donors (Lipinski definition) is 1.